The van der Waals surface area contributed by atoms with Crippen LogP contribution in [0.5, 0.6) is 11.5 Å². The van der Waals surface area contributed by atoms with Crippen LogP contribution >= 0.6 is 0 Å². The molecule has 0 bridgehead atoms. The molecule has 0 aromatic heterocycles. The van der Waals surface area contributed by atoms with Crippen LogP contribution in [-0.2, 0) is 11.3 Å². The van der Waals surface area contributed by atoms with Gasteiger partial charge in [0.15, 0.2) is 17.6 Å². The minimum absolute atomic E-state index is 0.403. The van der Waals surface area contributed by atoms with E-state index in [2.05, 4.69) is 12.2 Å². The molecule has 5 nitrogen and oxygen atoms in total. The zero-order valence-electron chi connectivity index (χ0n) is 13.0. The average molecular weight is 295 g/mol. The molecule has 21 heavy (non-hydrogen) atoms. The van der Waals surface area contributed by atoms with Gasteiger partial charge in [-0.2, -0.15) is 0 Å². The van der Waals surface area contributed by atoms with Crippen molar-refractivity contribution < 1.29 is 19.4 Å². The third kappa shape index (κ3) is 5.63. The van der Waals surface area contributed by atoms with Crippen molar-refractivity contribution in [1.29, 1.82) is 0 Å². The van der Waals surface area contributed by atoms with Gasteiger partial charge in [0.2, 0.25) is 0 Å². The van der Waals surface area contributed by atoms with Crippen molar-refractivity contribution in [2.24, 2.45) is 0 Å². The monoisotopic (exact) mass is 295 g/mol. The summed E-state index contributed by atoms with van der Waals surface area (Å²) in [6.07, 6.45) is 0.630. The summed E-state index contributed by atoms with van der Waals surface area (Å²) in [7, 11) is 0. The SMILES string of the molecule is CCCNCc1ccc(OC(CC)C(=O)O)c(OCC)c1. The lowest BCUT2D eigenvalue weighted by atomic mass is 10.2. The van der Waals surface area contributed by atoms with Crippen molar-refractivity contribution in [3.8, 4) is 11.5 Å². The number of carbonyl (C=O) groups is 1. The lowest BCUT2D eigenvalue weighted by Gasteiger charge is -2.17. The second-order valence-electron chi connectivity index (χ2n) is 4.74. The Kier molecular flexibility index (Phi) is 7.61. The van der Waals surface area contributed by atoms with Gasteiger partial charge in [-0.3, -0.25) is 0 Å². The third-order valence-corrected chi connectivity index (χ3v) is 2.98. The van der Waals surface area contributed by atoms with Gasteiger partial charge in [0, 0.05) is 6.54 Å². The number of hydrogen-bond acceptors (Lipinski definition) is 4. The van der Waals surface area contributed by atoms with Gasteiger partial charge in [0.25, 0.3) is 0 Å². The Morgan fingerprint density at radius 3 is 2.62 bits per heavy atom. The van der Waals surface area contributed by atoms with E-state index >= 15 is 0 Å². The fraction of sp³-hybridized carbons (Fsp3) is 0.562. The first-order valence-corrected chi connectivity index (χ1v) is 7.48. The highest BCUT2D eigenvalue weighted by Gasteiger charge is 2.19. The molecule has 1 unspecified atom stereocenters. The van der Waals surface area contributed by atoms with Gasteiger partial charge in [-0.1, -0.05) is 19.9 Å². The quantitative estimate of drug-likeness (QED) is 0.650. The Morgan fingerprint density at radius 1 is 1.29 bits per heavy atom. The van der Waals surface area contributed by atoms with Crippen molar-refractivity contribution in [3.63, 3.8) is 0 Å². The van der Waals surface area contributed by atoms with E-state index in [0.717, 1.165) is 25.1 Å². The number of nitrogens with one attached hydrogen (secondary N) is 1. The Labute approximate surface area is 126 Å². The van der Waals surface area contributed by atoms with Crippen LogP contribution in [0.15, 0.2) is 18.2 Å². The molecule has 0 amide bonds. The van der Waals surface area contributed by atoms with E-state index in [1.165, 1.54) is 0 Å². The maximum atomic E-state index is 11.1. The summed E-state index contributed by atoms with van der Waals surface area (Å²) in [5.74, 6) is 0.104. The van der Waals surface area contributed by atoms with E-state index in [4.69, 9.17) is 14.6 Å². The van der Waals surface area contributed by atoms with Gasteiger partial charge in [0.1, 0.15) is 0 Å². The van der Waals surface area contributed by atoms with E-state index in [0.29, 0.717) is 24.5 Å². The molecule has 0 spiro atoms. The highest BCUT2D eigenvalue weighted by molar-refractivity contribution is 5.72. The number of hydrogen-bond donors (Lipinski definition) is 2. The topological polar surface area (TPSA) is 67.8 Å². The summed E-state index contributed by atoms with van der Waals surface area (Å²) in [5.41, 5.74) is 1.09. The molecule has 1 rings (SSSR count). The smallest absolute Gasteiger partial charge is 0.344 e. The Morgan fingerprint density at radius 2 is 2.05 bits per heavy atom. The van der Waals surface area contributed by atoms with E-state index in [9.17, 15) is 4.79 Å². The van der Waals surface area contributed by atoms with Crippen molar-refractivity contribution in [2.45, 2.75) is 46.3 Å². The van der Waals surface area contributed by atoms with Gasteiger partial charge >= 0.3 is 5.97 Å². The Bertz CT molecular complexity index is 448. The highest BCUT2D eigenvalue weighted by atomic mass is 16.5. The zero-order valence-corrected chi connectivity index (χ0v) is 13.0. The van der Waals surface area contributed by atoms with Crippen LogP contribution in [0.25, 0.3) is 0 Å². The Hall–Kier alpha value is -1.75. The summed E-state index contributed by atoms with van der Waals surface area (Å²) in [4.78, 5) is 11.1. The minimum atomic E-state index is -0.964. The number of aliphatic carboxylic acids is 1. The van der Waals surface area contributed by atoms with Gasteiger partial charge in [0.05, 0.1) is 6.61 Å². The number of carboxylic acid groups (broad SMARTS) is 1. The standard InChI is InChI=1S/C16H25NO4/c1-4-9-17-11-12-7-8-14(15(10-12)20-6-3)21-13(5-2)16(18)19/h7-8,10,13,17H,4-6,9,11H2,1-3H3,(H,18,19). The molecule has 2 N–H and O–H groups in total. The minimum Gasteiger partial charge on any atom is -0.490 e. The molecule has 0 heterocycles. The summed E-state index contributed by atoms with van der Waals surface area (Å²) < 4.78 is 11.1. The summed E-state index contributed by atoms with van der Waals surface area (Å²) in [6, 6.07) is 5.60. The molecule has 0 saturated heterocycles. The molecular formula is C16H25NO4. The summed E-state index contributed by atoms with van der Waals surface area (Å²) in [5, 5.41) is 12.4. The first-order valence-electron chi connectivity index (χ1n) is 7.48. The average Bonchev–Trinajstić information content (AvgIpc) is 2.46. The second-order valence-corrected chi connectivity index (χ2v) is 4.74. The summed E-state index contributed by atoms with van der Waals surface area (Å²) >= 11 is 0. The number of ether oxygens (including phenoxy) is 2. The largest absolute Gasteiger partial charge is 0.490 e. The van der Waals surface area contributed by atoms with Gasteiger partial charge in [-0.15, -0.1) is 0 Å². The van der Waals surface area contributed by atoms with E-state index in [-0.39, 0.29) is 0 Å². The molecule has 0 aliphatic rings. The van der Waals surface area contributed by atoms with Crippen molar-refractivity contribution in [2.75, 3.05) is 13.2 Å². The molecular weight excluding hydrogens is 270 g/mol. The van der Waals surface area contributed by atoms with E-state index in [1.807, 2.05) is 19.1 Å². The van der Waals surface area contributed by atoms with E-state index in [1.54, 1.807) is 13.0 Å². The third-order valence-electron chi connectivity index (χ3n) is 2.98. The molecule has 0 saturated carbocycles. The maximum Gasteiger partial charge on any atom is 0.344 e. The molecule has 0 aliphatic heterocycles. The van der Waals surface area contributed by atoms with Crippen LogP contribution in [0.3, 0.4) is 0 Å². The fourth-order valence-electron chi connectivity index (χ4n) is 1.90. The first kappa shape index (κ1) is 17.3. The van der Waals surface area contributed by atoms with Gasteiger partial charge in [-0.25, -0.2) is 4.79 Å². The predicted molar refractivity (Wildman–Crippen MR) is 82.0 cm³/mol. The van der Waals surface area contributed by atoms with Crippen molar-refractivity contribution >= 4 is 5.97 Å². The van der Waals surface area contributed by atoms with E-state index < -0.39 is 12.1 Å². The second kappa shape index (κ2) is 9.23. The fourth-order valence-corrected chi connectivity index (χ4v) is 1.90. The van der Waals surface area contributed by atoms with Crippen LogP contribution in [0, 0.1) is 0 Å². The zero-order chi connectivity index (χ0) is 15.7. The molecule has 5 heteroatoms. The molecule has 118 valence electrons. The highest BCUT2D eigenvalue weighted by Crippen LogP contribution is 2.30. The van der Waals surface area contributed by atoms with Crippen LogP contribution in [-0.4, -0.2) is 30.3 Å². The van der Waals surface area contributed by atoms with Crippen LogP contribution in [0.4, 0.5) is 0 Å². The summed E-state index contributed by atoms with van der Waals surface area (Å²) in [6.45, 7) is 8.00. The van der Waals surface area contributed by atoms with Crippen LogP contribution < -0.4 is 14.8 Å². The van der Waals surface area contributed by atoms with Gasteiger partial charge < -0.3 is 19.9 Å². The van der Waals surface area contributed by atoms with Crippen LogP contribution in [0.2, 0.25) is 0 Å². The molecule has 0 aliphatic carbocycles. The first-order chi connectivity index (χ1) is 10.1. The molecule has 1 atom stereocenters. The number of carboxylic acids is 1. The molecule has 0 fully saturated rings. The number of benzene rings is 1. The molecule has 1 aromatic rings. The Balaban J connectivity index is 2.85. The van der Waals surface area contributed by atoms with Gasteiger partial charge in [-0.05, 0) is 44.0 Å². The lowest BCUT2D eigenvalue weighted by Crippen LogP contribution is -2.26. The predicted octanol–water partition coefficient (Wildman–Crippen LogP) is 2.83. The van der Waals surface area contributed by atoms with Crippen molar-refractivity contribution in [3.05, 3.63) is 23.8 Å². The lowest BCUT2D eigenvalue weighted by molar-refractivity contribution is -0.145. The number of rotatable bonds is 10. The van der Waals surface area contributed by atoms with Crippen molar-refractivity contribution in [1.82, 2.24) is 5.32 Å². The molecule has 1 aromatic carbocycles. The van der Waals surface area contributed by atoms with Crippen LogP contribution in [0.1, 0.15) is 39.2 Å². The normalized spacial score (nSPS) is 12.0. The molecule has 0 radical (unpaired) electrons. The maximum absolute atomic E-state index is 11.1.